The number of carbonyl (C=O) groups excluding carboxylic acids is 1. The fraction of sp³-hybridized carbons (Fsp3) is 0.389. The first-order chi connectivity index (χ1) is 12.1. The number of rotatable bonds is 3. The van der Waals surface area contributed by atoms with E-state index < -0.39 is 0 Å². The molecule has 1 atom stereocenters. The number of oxazole rings is 1. The van der Waals surface area contributed by atoms with Crippen molar-refractivity contribution in [3.63, 3.8) is 0 Å². The Morgan fingerprint density at radius 1 is 1.36 bits per heavy atom. The third-order valence-electron chi connectivity index (χ3n) is 4.54. The van der Waals surface area contributed by atoms with Crippen molar-refractivity contribution < 1.29 is 9.21 Å². The molecule has 0 saturated carbocycles. The zero-order valence-corrected chi connectivity index (χ0v) is 14.4. The monoisotopic (exact) mass is 339 g/mol. The Labute approximate surface area is 145 Å². The average Bonchev–Trinajstić information content (AvgIpc) is 3.18. The normalized spacial score (nSPS) is 17.8. The van der Waals surface area contributed by atoms with Gasteiger partial charge in [-0.05, 0) is 38.0 Å². The van der Waals surface area contributed by atoms with E-state index in [0.717, 1.165) is 36.2 Å². The number of amides is 1. The second kappa shape index (κ2) is 6.23. The summed E-state index contributed by atoms with van der Waals surface area (Å²) < 4.78 is 7.47. The van der Waals surface area contributed by atoms with E-state index in [4.69, 9.17) is 4.42 Å². The van der Waals surface area contributed by atoms with Gasteiger partial charge in [-0.15, -0.1) is 0 Å². The highest BCUT2D eigenvalue weighted by Crippen LogP contribution is 2.24. The molecule has 2 aromatic heterocycles. The van der Waals surface area contributed by atoms with Crippen LogP contribution >= 0.6 is 0 Å². The minimum atomic E-state index is -0.0903. The SMILES string of the molecule is Cc1cc(C(=O)NC2CCCN(c3nc4ccccc4o3)C2)n(C)n1. The topological polar surface area (TPSA) is 76.2 Å². The largest absolute Gasteiger partial charge is 0.423 e. The van der Waals surface area contributed by atoms with Crippen LogP contribution in [-0.4, -0.2) is 39.8 Å². The lowest BCUT2D eigenvalue weighted by atomic mass is 10.1. The molecule has 0 spiro atoms. The number of aromatic nitrogens is 3. The molecule has 3 heterocycles. The van der Waals surface area contributed by atoms with Gasteiger partial charge in [-0.25, -0.2) is 0 Å². The van der Waals surface area contributed by atoms with Gasteiger partial charge in [-0.1, -0.05) is 12.1 Å². The second-order valence-electron chi connectivity index (χ2n) is 6.52. The van der Waals surface area contributed by atoms with Crippen LogP contribution in [-0.2, 0) is 7.05 Å². The van der Waals surface area contributed by atoms with E-state index in [1.54, 1.807) is 17.8 Å². The Bertz CT molecular complexity index is 880. The third kappa shape index (κ3) is 3.09. The Morgan fingerprint density at radius 3 is 2.96 bits per heavy atom. The van der Waals surface area contributed by atoms with Crippen LogP contribution in [0, 0.1) is 6.92 Å². The highest BCUT2D eigenvalue weighted by atomic mass is 16.4. The molecule has 130 valence electrons. The van der Waals surface area contributed by atoms with Gasteiger partial charge in [0.2, 0.25) is 0 Å². The number of piperidine rings is 1. The van der Waals surface area contributed by atoms with Crippen LogP contribution < -0.4 is 10.2 Å². The summed E-state index contributed by atoms with van der Waals surface area (Å²) in [6, 6.07) is 10.2. The van der Waals surface area contributed by atoms with Crippen molar-refractivity contribution >= 4 is 23.0 Å². The van der Waals surface area contributed by atoms with Gasteiger partial charge in [0, 0.05) is 26.2 Å². The quantitative estimate of drug-likeness (QED) is 0.792. The molecule has 25 heavy (non-hydrogen) atoms. The van der Waals surface area contributed by atoms with Gasteiger partial charge in [0.05, 0.1) is 5.69 Å². The van der Waals surface area contributed by atoms with Crippen LogP contribution in [0.2, 0.25) is 0 Å². The molecule has 7 heteroatoms. The first-order valence-corrected chi connectivity index (χ1v) is 8.52. The van der Waals surface area contributed by atoms with Crippen LogP contribution in [0.3, 0.4) is 0 Å². The van der Waals surface area contributed by atoms with Crippen LogP contribution in [0.25, 0.3) is 11.1 Å². The van der Waals surface area contributed by atoms with E-state index in [1.807, 2.05) is 31.2 Å². The number of nitrogens with one attached hydrogen (secondary N) is 1. The zero-order valence-electron chi connectivity index (χ0n) is 14.4. The summed E-state index contributed by atoms with van der Waals surface area (Å²) in [5.74, 6) is -0.0903. The summed E-state index contributed by atoms with van der Waals surface area (Å²) in [6.07, 6.45) is 1.92. The number of para-hydroxylation sites is 2. The van der Waals surface area contributed by atoms with Gasteiger partial charge in [0.15, 0.2) is 5.58 Å². The van der Waals surface area contributed by atoms with Crippen LogP contribution in [0.4, 0.5) is 6.01 Å². The van der Waals surface area contributed by atoms with E-state index in [0.29, 0.717) is 18.3 Å². The van der Waals surface area contributed by atoms with E-state index in [2.05, 4.69) is 20.3 Å². The maximum Gasteiger partial charge on any atom is 0.298 e. The van der Waals surface area contributed by atoms with Crippen molar-refractivity contribution in [2.24, 2.45) is 7.05 Å². The fourth-order valence-corrected chi connectivity index (χ4v) is 3.35. The number of carbonyl (C=O) groups is 1. The lowest BCUT2D eigenvalue weighted by molar-refractivity contribution is 0.0923. The first kappa shape index (κ1) is 15.7. The summed E-state index contributed by atoms with van der Waals surface area (Å²) >= 11 is 0. The minimum Gasteiger partial charge on any atom is -0.423 e. The van der Waals surface area contributed by atoms with Gasteiger partial charge in [-0.3, -0.25) is 9.48 Å². The summed E-state index contributed by atoms with van der Waals surface area (Å²) in [4.78, 5) is 19.2. The maximum absolute atomic E-state index is 12.5. The van der Waals surface area contributed by atoms with Crippen LogP contribution in [0.5, 0.6) is 0 Å². The Kier molecular flexibility index (Phi) is 3.91. The lowest BCUT2D eigenvalue weighted by Crippen LogP contribution is -2.48. The molecule has 1 fully saturated rings. The standard InChI is InChI=1S/C18H21N5O2/c1-12-10-15(22(2)21-12)17(24)19-13-6-5-9-23(11-13)18-20-14-7-3-4-8-16(14)25-18/h3-4,7-8,10,13H,5-6,9,11H2,1-2H3,(H,19,24). The molecule has 1 aromatic carbocycles. The Hall–Kier alpha value is -2.83. The van der Waals surface area contributed by atoms with Gasteiger partial charge < -0.3 is 14.6 Å². The molecule has 4 rings (SSSR count). The molecule has 0 bridgehead atoms. The number of hydrogen-bond donors (Lipinski definition) is 1. The maximum atomic E-state index is 12.5. The third-order valence-corrected chi connectivity index (χ3v) is 4.54. The minimum absolute atomic E-state index is 0.0615. The van der Waals surface area contributed by atoms with Crippen molar-refractivity contribution in [1.82, 2.24) is 20.1 Å². The van der Waals surface area contributed by atoms with E-state index in [-0.39, 0.29) is 11.9 Å². The Morgan fingerprint density at radius 2 is 2.20 bits per heavy atom. The summed E-state index contributed by atoms with van der Waals surface area (Å²) in [6.45, 7) is 3.45. The van der Waals surface area contributed by atoms with Crippen molar-refractivity contribution in [2.75, 3.05) is 18.0 Å². The smallest absolute Gasteiger partial charge is 0.298 e. The lowest BCUT2D eigenvalue weighted by Gasteiger charge is -2.32. The molecule has 0 radical (unpaired) electrons. The van der Waals surface area contributed by atoms with Crippen molar-refractivity contribution in [1.29, 1.82) is 0 Å². The number of fused-ring (bicyclic) bond motifs is 1. The van der Waals surface area contributed by atoms with Crippen LogP contribution in [0.15, 0.2) is 34.7 Å². The first-order valence-electron chi connectivity index (χ1n) is 8.52. The molecule has 1 aliphatic heterocycles. The van der Waals surface area contributed by atoms with Gasteiger partial charge >= 0.3 is 0 Å². The predicted molar refractivity (Wildman–Crippen MR) is 94.7 cm³/mol. The molecule has 1 saturated heterocycles. The van der Waals surface area contributed by atoms with E-state index >= 15 is 0 Å². The van der Waals surface area contributed by atoms with E-state index in [9.17, 15) is 4.79 Å². The summed E-state index contributed by atoms with van der Waals surface area (Å²) in [7, 11) is 1.79. The number of nitrogens with zero attached hydrogens (tertiary/aromatic N) is 4. The molecule has 1 amide bonds. The predicted octanol–water partition coefficient (Wildman–Crippen LogP) is 2.27. The van der Waals surface area contributed by atoms with Gasteiger partial charge in [-0.2, -0.15) is 10.1 Å². The summed E-state index contributed by atoms with van der Waals surface area (Å²) in [5, 5.41) is 7.34. The molecule has 3 aromatic rings. The average molecular weight is 339 g/mol. The number of aryl methyl sites for hydroxylation is 2. The van der Waals surface area contributed by atoms with Gasteiger partial charge in [0.1, 0.15) is 11.2 Å². The Balaban J connectivity index is 1.47. The number of anilines is 1. The highest BCUT2D eigenvalue weighted by Gasteiger charge is 2.25. The van der Waals surface area contributed by atoms with Crippen molar-refractivity contribution in [3.05, 3.63) is 41.7 Å². The molecule has 1 N–H and O–H groups in total. The number of hydrogen-bond acceptors (Lipinski definition) is 5. The van der Waals surface area contributed by atoms with Gasteiger partial charge in [0.25, 0.3) is 11.9 Å². The van der Waals surface area contributed by atoms with Crippen molar-refractivity contribution in [3.8, 4) is 0 Å². The van der Waals surface area contributed by atoms with Crippen LogP contribution in [0.1, 0.15) is 29.0 Å². The molecule has 1 unspecified atom stereocenters. The molecule has 1 aliphatic rings. The highest BCUT2D eigenvalue weighted by molar-refractivity contribution is 5.92. The number of benzene rings is 1. The molecule has 0 aliphatic carbocycles. The van der Waals surface area contributed by atoms with E-state index in [1.165, 1.54) is 0 Å². The summed E-state index contributed by atoms with van der Waals surface area (Å²) in [5.41, 5.74) is 3.06. The zero-order chi connectivity index (χ0) is 17.4. The molecular weight excluding hydrogens is 318 g/mol. The fourth-order valence-electron chi connectivity index (χ4n) is 3.35. The second-order valence-corrected chi connectivity index (χ2v) is 6.52. The molecular formula is C18H21N5O2. The molecule has 7 nitrogen and oxygen atoms in total. The van der Waals surface area contributed by atoms with Crippen molar-refractivity contribution in [2.45, 2.75) is 25.8 Å².